The summed E-state index contributed by atoms with van der Waals surface area (Å²) in [5.41, 5.74) is 1.72. The van der Waals surface area contributed by atoms with E-state index in [0.29, 0.717) is 26.6 Å². The maximum Gasteiger partial charge on any atom is 0.230 e. The van der Waals surface area contributed by atoms with E-state index in [0.717, 1.165) is 0 Å². The molecule has 0 radical (unpaired) electrons. The lowest BCUT2D eigenvalue weighted by molar-refractivity contribution is -0.118. The molecule has 3 nitrogen and oxygen atoms in total. The molecule has 0 aromatic heterocycles. The van der Waals surface area contributed by atoms with Crippen LogP contribution < -0.4 is 5.32 Å². The first-order valence-electron chi connectivity index (χ1n) is 6.84. The Bertz CT molecular complexity index is 774. The Morgan fingerprint density at radius 1 is 1.35 bits per heavy atom. The second-order valence-corrected chi connectivity index (χ2v) is 6.35. The minimum absolute atomic E-state index is 0.171. The lowest BCUT2D eigenvalue weighted by atomic mass is 10.1. The normalized spacial score (nSPS) is 10.2. The Morgan fingerprint density at radius 2 is 2.13 bits per heavy atom. The lowest BCUT2D eigenvalue weighted by Gasteiger charge is -2.07. The molecule has 0 aliphatic carbocycles. The molecule has 2 rings (SSSR count). The van der Waals surface area contributed by atoms with Gasteiger partial charge in [0.2, 0.25) is 5.91 Å². The van der Waals surface area contributed by atoms with Crippen molar-refractivity contribution < 1.29 is 9.18 Å². The van der Waals surface area contributed by atoms with E-state index in [-0.39, 0.29) is 24.0 Å². The van der Waals surface area contributed by atoms with Gasteiger partial charge in [-0.15, -0.1) is 11.8 Å². The highest BCUT2D eigenvalue weighted by molar-refractivity contribution is 8.00. The Kier molecular flexibility index (Phi) is 6.03. The molecule has 0 atom stereocenters. The SMILES string of the molecule is Cc1ccc(CNC(=O)CSc2ccc(Cl)cc2C#N)cc1F. The van der Waals surface area contributed by atoms with Gasteiger partial charge >= 0.3 is 0 Å². The molecule has 0 heterocycles. The number of thioether (sulfide) groups is 1. The molecule has 1 N–H and O–H groups in total. The summed E-state index contributed by atoms with van der Waals surface area (Å²) < 4.78 is 13.4. The highest BCUT2D eigenvalue weighted by atomic mass is 35.5. The quantitative estimate of drug-likeness (QED) is 0.829. The van der Waals surface area contributed by atoms with Gasteiger partial charge in [0.05, 0.1) is 11.3 Å². The molecular weight excluding hydrogens is 335 g/mol. The zero-order chi connectivity index (χ0) is 16.8. The van der Waals surface area contributed by atoms with Crippen LogP contribution in [0.4, 0.5) is 4.39 Å². The zero-order valence-corrected chi connectivity index (χ0v) is 14.0. The van der Waals surface area contributed by atoms with Crippen molar-refractivity contribution >= 4 is 29.3 Å². The van der Waals surface area contributed by atoms with E-state index in [2.05, 4.69) is 11.4 Å². The summed E-state index contributed by atoms with van der Waals surface area (Å²) in [4.78, 5) is 12.6. The predicted molar refractivity (Wildman–Crippen MR) is 89.9 cm³/mol. The molecule has 0 spiro atoms. The number of aryl methyl sites for hydroxylation is 1. The summed E-state index contributed by atoms with van der Waals surface area (Å²) in [5, 5.41) is 12.3. The first-order chi connectivity index (χ1) is 11.0. The van der Waals surface area contributed by atoms with Crippen LogP contribution in [0.3, 0.4) is 0 Å². The standard InChI is InChI=1S/C17H14ClFN2OS/c1-11-2-3-12(6-15(11)19)9-21-17(22)10-23-16-5-4-14(18)7-13(16)8-20/h2-7H,9-10H2,1H3,(H,21,22). The van der Waals surface area contributed by atoms with E-state index >= 15 is 0 Å². The van der Waals surface area contributed by atoms with Crippen LogP contribution in [-0.4, -0.2) is 11.7 Å². The molecule has 0 aliphatic heterocycles. The Balaban J connectivity index is 1.88. The molecule has 1 amide bonds. The van der Waals surface area contributed by atoms with E-state index in [1.165, 1.54) is 17.8 Å². The van der Waals surface area contributed by atoms with Crippen LogP contribution in [0, 0.1) is 24.1 Å². The van der Waals surface area contributed by atoms with Crippen molar-refractivity contribution in [1.29, 1.82) is 5.26 Å². The average Bonchev–Trinajstić information content (AvgIpc) is 2.54. The van der Waals surface area contributed by atoms with Crippen LogP contribution in [0.5, 0.6) is 0 Å². The van der Waals surface area contributed by atoms with Gasteiger partial charge in [-0.05, 0) is 42.3 Å². The summed E-state index contributed by atoms with van der Waals surface area (Å²) in [5.74, 6) is -0.300. The number of rotatable bonds is 5. The molecule has 0 aliphatic rings. The van der Waals surface area contributed by atoms with Crippen molar-refractivity contribution in [2.45, 2.75) is 18.4 Å². The number of nitrogens with zero attached hydrogens (tertiary/aromatic N) is 1. The highest BCUT2D eigenvalue weighted by Gasteiger charge is 2.08. The third-order valence-electron chi connectivity index (χ3n) is 3.15. The van der Waals surface area contributed by atoms with E-state index in [9.17, 15) is 9.18 Å². The van der Waals surface area contributed by atoms with Gasteiger partial charge < -0.3 is 5.32 Å². The molecule has 0 saturated heterocycles. The van der Waals surface area contributed by atoms with Crippen molar-refractivity contribution in [3.05, 3.63) is 63.9 Å². The van der Waals surface area contributed by atoms with Gasteiger partial charge in [0.1, 0.15) is 11.9 Å². The van der Waals surface area contributed by atoms with Crippen LogP contribution >= 0.6 is 23.4 Å². The van der Waals surface area contributed by atoms with Crippen LogP contribution in [0.25, 0.3) is 0 Å². The van der Waals surface area contributed by atoms with E-state index in [1.54, 1.807) is 37.3 Å². The fourth-order valence-corrected chi connectivity index (χ4v) is 2.84. The molecule has 0 bridgehead atoms. The van der Waals surface area contributed by atoms with Crippen LogP contribution in [0.15, 0.2) is 41.3 Å². The maximum atomic E-state index is 13.4. The van der Waals surface area contributed by atoms with Crippen molar-refractivity contribution in [3.63, 3.8) is 0 Å². The van der Waals surface area contributed by atoms with Crippen LogP contribution in [0.1, 0.15) is 16.7 Å². The first-order valence-corrected chi connectivity index (χ1v) is 8.20. The van der Waals surface area contributed by atoms with Gasteiger partial charge in [-0.1, -0.05) is 23.7 Å². The summed E-state index contributed by atoms with van der Waals surface area (Å²) in [6.45, 7) is 1.95. The molecular formula is C17H14ClFN2OS. The van der Waals surface area contributed by atoms with Crippen LogP contribution in [-0.2, 0) is 11.3 Å². The Morgan fingerprint density at radius 3 is 2.83 bits per heavy atom. The molecule has 6 heteroatoms. The summed E-state index contributed by atoms with van der Waals surface area (Å²) in [7, 11) is 0. The number of hydrogen-bond acceptors (Lipinski definition) is 3. The maximum absolute atomic E-state index is 13.4. The van der Waals surface area contributed by atoms with Gasteiger partial charge in [-0.2, -0.15) is 5.26 Å². The molecule has 0 fully saturated rings. The largest absolute Gasteiger partial charge is 0.351 e. The summed E-state index contributed by atoms with van der Waals surface area (Å²) in [6.07, 6.45) is 0. The number of nitriles is 1. The van der Waals surface area contributed by atoms with Gasteiger partial charge in [-0.3, -0.25) is 4.79 Å². The third-order valence-corrected chi connectivity index (χ3v) is 4.46. The summed E-state index contributed by atoms with van der Waals surface area (Å²) >= 11 is 7.09. The summed E-state index contributed by atoms with van der Waals surface area (Å²) in [6, 6.07) is 11.9. The predicted octanol–water partition coefficient (Wildman–Crippen LogP) is 4.07. The fourth-order valence-electron chi connectivity index (χ4n) is 1.86. The number of nitrogens with one attached hydrogen (secondary N) is 1. The monoisotopic (exact) mass is 348 g/mol. The van der Waals surface area contributed by atoms with Crippen molar-refractivity contribution in [3.8, 4) is 6.07 Å². The Hall–Kier alpha value is -2.03. The molecule has 0 unspecified atom stereocenters. The van der Waals surface area contributed by atoms with Gasteiger partial charge in [-0.25, -0.2) is 4.39 Å². The topological polar surface area (TPSA) is 52.9 Å². The highest BCUT2D eigenvalue weighted by Crippen LogP contribution is 2.25. The second-order valence-electron chi connectivity index (χ2n) is 4.90. The molecule has 2 aromatic rings. The second kappa shape index (κ2) is 8.00. The number of hydrogen-bond donors (Lipinski definition) is 1. The lowest BCUT2D eigenvalue weighted by Crippen LogP contribution is -2.24. The van der Waals surface area contributed by atoms with Crippen molar-refractivity contribution in [2.24, 2.45) is 0 Å². The minimum Gasteiger partial charge on any atom is -0.351 e. The fraction of sp³-hybridized carbons (Fsp3) is 0.176. The van der Waals surface area contributed by atoms with Crippen LogP contribution in [0.2, 0.25) is 5.02 Å². The van der Waals surface area contributed by atoms with Crippen molar-refractivity contribution in [2.75, 3.05) is 5.75 Å². The van der Waals surface area contributed by atoms with E-state index in [1.807, 2.05) is 0 Å². The van der Waals surface area contributed by atoms with Gasteiger partial charge in [0.25, 0.3) is 0 Å². The number of amides is 1. The van der Waals surface area contributed by atoms with Gasteiger partial charge in [0.15, 0.2) is 0 Å². The molecule has 23 heavy (non-hydrogen) atoms. The van der Waals surface area contributed by atoms with Gasteiger partial charge in [0, 0.05) is 16.5 Å². The molecule has 118 valence electrons. The molecule has 2 aromatic carbocycles. The minimum atomic E-state index is -0.286. The zero-order valence-electron chi connectivity index (χ0n) is 12.4. The molecule has 0 saturated carbocycles. The number of carbonyl (C=O) groups excluding carboxylic acids is 1. The van der Waals surface area contributed by atoms with Crippen molar-refractivity contribution in [1.82, 2.24) is 5.32 Å². The first kappa shape index (κ1) is 17.3. The Labute approximate surface area is 143 Å². The van der Waals surface area contributed by atoms with E-state index in [4.69, 9.17) is 16.9 Å². The number of benzene rings is 2. The number of carbonyl (C=O) groups is 1. The smallest absolute Gasteiger partial charge is 0.230 e. The average molecular weight is 349 g/mol. The van der Waals surface area contributed by atoms with E-state index < -0.39 is 0 Å². The third kappa shape index (κ3) is 4.98. The number of halogens is 2.